The second kappa shape index (κ2) is 49.9. The van der Waals surface area contributed by atoms with Crippen LogP contribution in [-0.2, 0) is 12.8 Å². The molecule has 13 aromatic rings. The second-order valence-corrected chi connectivity index (χ2v) is 34.1. The quantitative estimate of drug-likeness (QED) is 0.0161. The summed E-state index contributed by atoms with van der Waals surface area (Å²) in [6.07, 6.45) is 41.1. The zero-order valence-electron chi connectivity index (χ0n) is 77.6. The molecule has 0 fully saturated rings. The van der Waals surface area contributed by atoms with Crippen LogP contribution in [0.4, 0.5) is 46.8 Å². The van der Waals surface area contributed by atoms with Gasteiger partial charge in [-0.1, -0.05) is 105 Å². The zero-order valence-corrected chi connectivity index (χ0v) is 80.9. The lowest BCUT2D eigenvalue weighted by molar-refractivity contribution is 0.271. The van der Waals surface area contributed by atoms with Crippen LogP contribution >= 0.6 is 39.0 Å². The van der Waals surface area contributed by atoms with E-state index in [1.165, 1.54) is 24.2 Å². The summed E-state index contributed by atoms with van der Waals surface area (Å²) in [6, 6.07) is 10.8. The topological polar surface area (TPSA) is 502 Å². The molecule has 36 heteroatoms. The van der Waals surface area contributed by atoms with Gasteiger partial charge in [0.2, 0.25) is 17.8 Å². The number of pyridine rings is 6. The van der Waals surface area contributed by atoms with E-state index < -0.39 is 0 Å². The van der Waals surface area contributed by atoms with E-state index in [4.69, 9.17) is 72.6 Å². The van der Waals surface area contributed by atoms with E-state index in [0.29, 0.717) is 133 Å². The van der Waals surface area contributed by atoms with Gasteiger partial charge >= 0.3 is 0 Å². The summed E-state index contributed by atoms with van der Waals surface area (Å²) in [4.78, 5) is 82.9. The molecule has 13 rings (SSSR count). The Labute approximate surface area is 793 Å². The molecular formula is C97H112BrN27O6S2. The number of methoxy groups -OCH3 is 1. The lowest BCUT2D eigenvalue weighted by atomic mass is 9.98. The van der Waals surface area contributed by atoms with Crippen molar-refractivity contribution < 1.29 is 29.2 Å². The first-order chi connectivity index (χ1) is 63.4. The van der Waals surface area contributed by atoms with Crippen LogP contribution in [0.2, 0.25) is 0 Å². The first kappa shape index (κ1) is 104. The minimum Gasteiger partial charge on any atom is -0.481 e. The zero-order chi connectivity index (χ0) is 97.4. The van der Waals surface area contributed by atoms with Gasteiger partial charge in [0, 0.05) is 136 Å². The van der Waals surface area contributed by atoms with Gasteiger partial charge in [-0.2, -0.15) is 9.97 Å². The lowest BCUT2D eigenvalue weighted by Gasteiger charge is -2.16. The monoisotopic (exact) mass is 1890 g/mol. The average Bonchev–Trinajstić information content (AvgIpc) is 1.52. The predicted molar refractivity (Wildman–Crippen MR) is 533 cm³/mol. The first-order valence-electron chi connectivity index (χ1n) is 41.9. The number of rotatable bonds is 28. The van der Waals surface area contributed by atoms with Crippen LogP contribution in [0.3, 0.4) is 0 Å². The van der Waals surface area contributed by atoms with Gasteiger partial charge in [-0.25, -0.2) is 79.7 Å². The molecule has 0 saturated carbocycles. The number of thiazole rings is 1. The maximum Gasteiger partial charge on any atom is 0.225 e. The minimum atomic E-state index is -0.122. The Hall–Kier alpha value is -14.7. The van der Waals surface area contributed by atoms with E-state index in [0.717, 1.165) is 111 Å². The Kier molecular flexibility index (Phi) is 38.9. The van der Waals surface area contributed by atoms with Crippen LogP contribution in [0, 0.1) is 71.7 Å². The molecule has 0 aliphatic rings. The highest BCUT2D eigenvalue weighted by Gasteiger charge is 2.22. The number of nitrogens with zero attached hydrogens (tertiary/aromatic N) is 19. The summed E-state index contributed by atoms with van der Waals surface area (Å²) in [5.41, 5.74) is 50.6. The number of aryl methyl sites for hydroxylation is 5. The molecule has 0 aliphatic heterocycles. The van der Waals surface area contributed by atoms with Gasteiger partial charge in [-0.3, -0.25) is 4.98 Å². The Morgan fingerprint density at radius 3 is 1.21 bits per heavy atom. The number of nitrogens with two attached hydrogens (primary N) is 6. The summed E-state index contributed by atoms with van der Waals surface area (Å²) in [7, 11) is 1.55. The van der Waals surface area contributed by atoms with Gasteiger partial charge in [-0.15, -0.1) is 30.6 Å². The molecule has 13 aromatic heterocycles. The third-order valence-corrected chi connectivity index (χ3v) is 21.8. The number of nitrogen functional groups attached to an aromatic ring is 6. The van der Waals surface area contributed by atoms with E-state index in [2.05, 4.69) is 186 Å². The number of ether oxygens (including phenoxy) is 4. The van der Waals surface area contributed by atoms with E-state index in [1.807, 2.05) is 106 Å². The Morgan fingerprint density at radius 1 is 0.429 bits per heavy atom. The van der Waals surface area contributed by atoms with Crippen LogP contribution < -0.4 is 64.0 Å². The van der Waals surface area contributed by atoms with Crippen molar-refractivity contribution in [1.29, 1.82) is 0 Å². The van der Waals surface area contributed by atoms with Crippen LogP contribution in [-0.4, -0.2) is 137 Å². The van der Waals surface area contributed by atoms with Gasteiger partial charge in [0.15, 0.2) is 34.7 Å². The van der Waals surface area contributed by atoms with Crippen LogP contribution in [0.1, 0.15) is 208 Å². The number of hydrogen-bond donors (Lipinski definition) is 10. The normalized spacial score (nSPS) is 11.0. The molecule has 2 unspecified atom stereocenters. The predicted octanol–water partition coefficient (Wildman–Crippen LogP) is 17.6. The number of aromatic nitrogens is 19. The molecule has 690 valence electrons. The molecule has 0 aromatic carbocycles. The molecule has 0 aliphatic carbocycles. The van der Waals surface area contributed by atoms with Crippen molar-refractivity contribution >= 4 is 103 Å². The van der Waals surface area contributed by atoms with Crippen LogP contribution in [0.25, 0.3) is 27.4 Å². The maximum atomic E-state index is 9.25. The van der Waals surface area contributed by atoms with Crippen LogP contribution in [0.15, 0.2) is 151 Å². The molecule has 2 atom stereocenters. The molecule has 0 bridgehead atoms. The molecule has 16 N–H and O–H groups in total. The van der Waals surface area contributed by atoms with E-state index in [1.54, 1.807) is 100 Å². The molecule has 0 radical (unpaired) electrons. The Morgan fingerprint density at radius 2 is 0.820 bits per heavy atom. The van der Waals surface area contributed by atoms with Crippen LogP contribution in [0.5, 0.6) is 40.4 Å². The second-order valence-electron chi connectivity index (χ2n) is 31.0. The Bertz CT molecular complexity index is 6090. The third kappa shape index (κ3) is 30.4. The van der Waals surface area contributed by atoms with Crippen molar-refractivity contribution in [2.24, 2.45) is 0 Å². The molecule has 0 saturated heterocycles. The Balaban J connectivity index is 0.000000197. The van der Waals surface area contributed by atoms with Crippen molar-refractivity contribution in [2.45, 2.75) is 176 Å². The summed E-state index contributed by atoms with van der Waals surface area (Å²) in [6.45, 7) is 43.2. The molecule has 13 heterocycles. The van der Waals surface area contributed by atoms with E-state index >= 15 is 0 Å². The van der Waals surface area contributed by atoms with Gasteiger partial charge in [0.1, 0.15) is 90.4 Å². The van der Waals surface area contributed by atoms with Crippen molar-refractivity contribution in [3.05, 3.63) is 242 Å². The minimum absolute atomic E-state index is 0.000800. The summed E-state index contributed by atoms with van der Waals surface area (Å²) in [5.74, 6) is 17.3. The molecule has 33 nitrogen and oxygen atoms in total. The average molecular weight is 1900 g/mol. The molecule has 133 heavy (non-hydrogen) atoms. The van der Waals surface area contributed by atoms with Gasteiger partial charge < -0.3 is 74.2 Å². The number of terminal acetylenes is 3. The third-order valence-electron chi connectivity index (χ3n) is 19.4. The summed E-state index contributed by atoms with van der Waals surface area (Å²) < 4.78 is 23.7. The largest absolute Gasteiger partial charge is 0.481 e. The van der Waals surface area contributed by atoms with E-state index in [9.17, 15) is 10.2 Å². The number of allylic oxidation sites excluding steroid dienone is 3. The highest BCUT2D eigenvalue weighted by atomic mass is 79.9. The molecule has 0 spiro atoms. The van der Waals surface area contributed by atoms with E-state index in [-0.39, 0.29) is 54.7 Å². The number of halogens is 1. The number of anilines is 8. The van der Waals surface area contributed by atoms with Crippen molar-refractivity contribution in [3.63, 3.8) is 0 Å². The standard InChI is InChI=1S/C17H25N5O3.C17H19N5OS.C16H22BrN5O2.2C16H16N4.C15H14N4S/c1-5-11(9-23)21-17-20-8-14(16(18)22-17)25-13-6-15(24-4)19-7-12(13)10(2)3;1-9(2)12-7-20-13(17-21-6-10(3)24-17)5-14(12)23-15-8-19-11(4)22-16(15)18;1-4-10(8-23)21-16-20-7-13(15(18)22-16)24-12-5-14(17)19-6-11(12)9(2)3;2*1-5-14-7-12(15(9-19-14)10(2)3)6-13-8-18-11(4)20-16(13)17;1-5-11-6-13(12(7-18-11)9(2)3)20-14-8-17-10(4)19-15(14)16/h6-8,10-11,23H,5,9H2,1-4H3,(H3,18,20,21,22);5-9H,1-4H3,(H2,18,19,22);5-7,9-10,23H,4,8H2,1-3H3,(H3,18,20,21,22);2*1,7-9H,2,6H2,3-4H3,(H2,17,18,20);1,6-8H,2H2,3-4H3,(H2,16,17,19). The fraction of sp³-hybridized carbons (Fsp3) is 0.289. The highest BCUT2D eigenvalue weighted by Crippen LogP contribution is 2.40. The first-order valence-corrected chi connectivity index (χ1v) is 44.3. The number of aliphatic hydroxyl groups is 2. The summed E-state index contributed by atoms with van der Waals surface area (Å²) in [5, 5.41) is 25.4. The van der Waals surface area contributed by atoms with Gasteiger partial charge in [0.05, 0.1) is 55.9 Å². The van der Waals surface area contributed by atoms with Gasteiger partial charge in [0.25, 0.3) is 0 Å². The smallest absolute Gasteiger partial charge is 0.225 e. The fourth-order valence-electron chi connectivity index (χ4n) is 12.0. The van der Waals surface area contributed by atoms with Crippen molar-refractivity contribution in [2.75, 3.05) is 65.4 Å². The highest BCUT2D eigenvalue weighted by molar-refractivity contribution is 9.10. The number of hydrogen-bond acceptors (Lipinski definition) is 35. The maximum absolute atomic E-state index is 9.25. The van der Waals surface area contributed by atoms with Gasteiger partial charge in [-0.05, 0) is 159 Å². The lowest BCUT2D eigenvalue weighted by Crippen LogP contribution is -2.24. The SMILES string of the molecule is C#Cc1cc(Cc2cnc(C)nc2N)c(C(=C)C)cn1.C#Cc1cc(Cc2cnc(C)nc2N)c(C(=C)C)cn1.C#Cc1cc(Sc2cnc(C)nc2N)c(C(=C)C)cn1.CCC(CO)Nc1ncc(Oc2cc(Br)ncc2C(C)C)c(N)n1.CCC(CO)Nc1ncc(Oc2cc(OC)ncc2C(C)C)c(N)n1.Cc1ncc(Oc2cc(-c3ncc(C)s3)ncc2C(C)C)c(N)n1. The number of aliphatic hydroxyl groups excluding tert-OH is 2. The summed E-state index contributed by atoms with van der Waals surface area (Å²) >= 11 is 6.40. The fourth-order valence-corrected chi connectivity index (χ4v) is 14.0. The number of nitrogens with one attached hydrogen (secondary N) is 2. The van der Waals surface area contributed by atoms with Crippen molar-refractivity contribution in [1.82, 2.24) is 94.7 Å². The van der Waals surface area contributed by atoms with Crippen molar-refractivity contribution in [3.8, 4) is 88.1 Å². The molecular weight excluding hydrogens is 1780 g/mol. The molecule has 0 amide bonds.